The normalized spacial score (nSPS) is 14.6. The first-order chi connectivity index (χ1) is 12.6. The van der Waals surface area contributed by atoms with Crippen molar-refractivity contribution in [1.82, 2.24) is 4.90 Å². The molecule has 0 aromatic heterocycles. The molecule has 1 aromatic rings. The number of benzene rings is 1. The van der Waals surface area contributed by atoms with E-state index in [1.165, 1.54) is 32.4 Å². The van der Waals surface area contributed by atoms with Crippen LogP contribution in [-0.4, -0.2) is 53.5 Å². The molecule has 1 aliphatic rings. The van der Waals surface area contributed by atoms with Crippen LogP contribution in [0, 0.1) is 0 Å². The molecule has 0 radical (unpaired) electrons. The fraction of sp³-hybridized carbons (Fsp3) is 0.368. The fourth-order valence-corrected chi connectivity index (χ4v) is 2.47. The summed E-state index contributed by atoms with van der Waals surface area (Å²) in [7, 11) is 2.66. The minimum Gasteiger partial charge on any atom is -0.510 e. The molecule has 8 heteroatoms. The molecular formula is C19H23NO7. The van der Waals surface area contributed by atoms with Crippen molar-refractivity contribution in [3.05, 3.63) is 47.0 Å². The van der Waals surface area contributed by atoms with Gasteiger partial charge in [0.05, 0.1) is 20.8 Å². The number of carbonyl (C=O) groups excluding carboxylic acids is 2. The summed E-state index contributed by atoms with van der Waals surface area (Å²) in [6.07, 6.45) is 0.468. The molecule has 0 saturated carbocycles. The van der Waals surface area contributed by atoms with Crippen LogP contribution in [0.4, 0.5) is 4.79 Å². The van der Waals surface area contributed by atoms with E-state index in [4.69, 9.17) is 14.2 Å². The van der Waals surface area contributed by atoms with Gasteiger partial charge in [0.1, 0.15) is 22.7 Å². The largest absolute Gasteiger partial charge is 0.510 e. The standard InChI is InChI=1S/C19H23NO7/c1-19(2,3)27-18(24)20-10-14(21)13(9-16(20)22)11-6-7-12(17(23)26-5)15(8-11)25-4/h6-9,21-22H,10H2,1-5H3. The highest BCUT2D eigenvalue weighted by Crippen LogP contribution is 2.31. The lowest BCUT2D eigenvalue weighted by Gasteiger charge is -2.29. The monoisotopic (exact) mass is 377 g/mol. The average Bonchev–Trinajstić information content (AvgIpc) is 2.60. The minimum atomic E-state index is -0.777. The Kier molecular flexibility index (Phi) is 5.68. The van der Waals surface area contributed by atoms with E-state index in [0.29, 0.717) is 11.1 Å². The zero-order valence-corrected chi connectivity index (χ0v) is 15.9. The summed E-state index contributed by atoms with van der Waals surface area (Å²) in [6.45, 7) is 4.84. The van der Waals surface area contributed by atoms with Gasteiger partial charge in [-0.05, 0) is 38.5 Å². The maximum absolute atomic E-state index is 12.2. The molecule has 1 aromatic carbocycles. The van der Waals surface area contributed by atoms with Crippen LogP contribution in [0.1, 0.15) is 36.7 Å². The van der Waals surface area contributed by atoms with Crippen LogP contribution in [0.25, 0.3) is 5.57 Å². The Morgan fingerprint density at radius 2 is 1.81 bits per heavy atom. The summed E-state index contributed by atoms with van der Waals surface area (Å²) >= 11 is 0. The highest BCUT2D eigenvalue weighted by atomic mass is 16.6. The maximum Gasteiger partial charge on any atom is 0.417 e. The zero-order chi connectivity index (χ0) is 20.4. The number of ether oxygens (including phenoxy) is 3. The van der Waals surface area contributed by atoms with Gasteiger partial charge in [-0.15, -0.1) is 0 Å². The molecule has 1 amide bonds. The molecule has 2 rings (SSSR count). The summed E-state index contributed by atoms with van der Waals surface area (Å²) in [5, 5.41) is 20.6. The quantitative estimate of drug-likeness (QED) is 0.778. The molecule has 146 valence electrons. The summed E-state index contributed by atoms with van der Waals surface area (Å²) < 4.78 is 15.1. The molecule has 1 aliphatic heterocycles. The fourth-order valence-electron chi connectivity index (χ4n) is 2.47. The van der Waals surface area contributed by atoms with Crippen molar-refractivity contribution >= 4 is 17.6 Å². The van der Waals surface area contributed by atoms with E-state index >= 15 is 0 Å². The molecule has 0 fully saturated rings. The molecule has 0 saturated heterocycles. The second-order valence-electron chi connectivity index (χ2n) is 6.84. The number of carbonyl (C=O) groups is 2. The number of hydrogen-bond acceptors (Lipinski definition) is 7. The Bertz CT molecular complexity index is 818. The Morgan fingerprint density at radius 3 is 2.37 bits per heavy atom. The van der Waals surface area contributed by atoms with Crippen molar-refractivity contribution in [3.63, 3.8) is 0 Å². The predicted octanol–water partition coefficient (Wildman–Crippen LogP) is 3.40. The maximum atomic E-state index is 12.2. The number of rotatable bonds is 3. The third-order valence-electron chi connectivity index (χ3n) is 3.70. The lowest BCUT2D eigenvalue weighted by molar-refractivity contribution is 0.0222. The molecule has 0 bridgehead atoms. The summed E-state index contributed by atoms with van der Waals surface area (Å²) in [4.78, 5) is 24.8. The van der Waals surface area contributed by atoms with Crippen LogP contribution in [0.15, 0.2) is 35.9 Å². The van der Waals surface area contributed by atoms with Crippen LogP contribution >= 0.6 is 0 Å². The predicted molar refractivity (Wildman–Crippen MR) is 97.5 cm³/mol. The van der Waals surface area contributed by atoms with Gasteiger partial charge in [-0.2, -0.15) is 0 Å². The van der Waals surface area contributed by atoms with Crippen molar-refractivity contribution in [2.75, 3.05) is 20.8 Å². The number of aliphatic hydroxyl groups is 2. The number of amides is 1. The van der Waals surface area contributed by atoms with E-state index in [9.17, 15) is 19.8 Å². The topological polar surface area (TPSA) is 106 Å². The summed E-state index contributed by atoms with van der Waals surface area (Å²) in [5.41, 5.74) is 0.270. The second-order valence-corrected chi connectivity index (χ2v) is 6.84. The van der Waals surface area contributed by atoms with E-state index < -0.39 is 17.7 Å². The Balaban J connectivity index is 2.34. The van der Waals surface area contributed by atoms with Gasteiger partial charge in [-0.25, -0.2) is 14.5 Å². The highest BCUT2D eigenvalue weighted by molar-refractivity contribution is 5.93. The molecule has 27 heavy (non-hydrogen) atoms. The van der Waals surface area contributed by atoms with Crippen molar-refractivity contribution in [2.45, 2.75) is 26.4 Å². The Morgan fingerprint density at radius 1 is 1.15 bits per heavy atom. The molecule has 2 N–H and O–H groups in total. The van der Waals surface area contributed by atoms with Crippen LogP contribution in [0.2, 0.25) is 0 Å². The number of esters is 1. The van der Waals surface area contributed by atoms with Crippen molar-refractivity contribution < 1.29 is 34.0 Å². The third kappa shape index (κ3) is 4.52. The molecule has 0 unspecified atom stereocenters. The Labute approximate surface area is 157 Å². The number of aliphatic hydroxyl groups excluding tert-OH is 2. The molecule has 0 atom stereocenters. The first kappa shape index (κ1) is 20.2. The molecule has 8 nitrogen and oxygen atoms in total. The van der Waals surface area contributed by atoms with E-state index in [2.05, 4.69) is 0 Å². The molecule has 0 aliphatic carbocycles. The smallest absolute Gasteiger partial charge is 0.417 e. The van der Waals surface area contributed by atoms with Gasteiger partial charge in [0.2, 0.25) is 0 Å². The van der Waals surface area contributed by atoms with Gasteiger partial charge in [0.15, 0.2) is 5.88 Å². The number of methoxy groups -OCH3 is 2. The van der Waals surface area contributed by atoms with Gasteiger partial charge < -0.3 is 24.4 Å². The average molecular weight is 377 g/mol. The van der Waals surface area contributed by atoms with Crippen LogP contribution < -0.4 is 4.74 Å². The van der Waals surface area contributed by atoms with E-state index in [0.717, 1.165) is 4.90 Å². The SMILES string of the molecule is COC(=O)c1ccc(C2=C(O)CN(C(=O)OC(C)(C)C)C(O)=C2)cc1OC. The molecule has 1 heterocycles. The zero-order valence-electron chi connectivity index (χ0n) is 15.9. The number of hydrogen-bond donors (Lipinski definition) is 2. The summed E-state index contributed by atoms with van der Waals surface area (Å²) in [6, 6.07) is 4.60. The van der Waals surface area contributed by atoms with Crippen LogP contribution in [0.5, 0.6) is 5.75 Å². The van der Waals surface area contributed by atoms with E-state index in [1.807, 2.05) is 0 Å². The summed E-state index contributed by atoms with van der Waals surface area (Å²) in [5.74, 6) is -0.823. The van der Waals surface area contributed by atoms with Gasteiger partial charge in [-0.3, -0.25) is 0 Å². The van der Waals surface area contributed by atoms with Crippen molar-refractivity contribution in [1.29, 1.82) is 0 Å². The second kappa shape index (κ2) is 7.61. The van der Waals surface area contributed by atoms with Crippen molar-refractivity contribution in [3.8, 4) is 5.75 Å². The van der Waals surface area contributed by atoms with Gasteiger partial charge in [0.25, 0.3) is 0 Å². The number of nitrogens with zero attached hydrogens (tertiary/aromatic N) is 1. The van der Waals surface area contributed by atoms with Gasteiger partial charge in [-0.1, -0.05) is 6.07 Å². The first-order valence-electron chi connectivity index (χ1n) is 8.17. The third-order valence-corrected chi connectivity index (χ3v) is 3.70. The lowest BCUT2D eigenvalue weighted by Crippen LogP contribution is -2.38. The highest BCUT2D eigenvalue weighted by Gasteiger charge is 2.30. The molecule has 0 spiro atoms. The van der Waals surface area contributed by atoms with Gasteiger partial charge in [0, 0.05) is 11.6 Å². The Hall–Kier alpha value is -3.16. The number of allylic oxidation sites excluding steroid dienone is 2. The van der Waals surface area contributed by atoms with Crippen molar-refractivity contribution in [2.24, 2.45) is 0 Å². The van der Waals surface area contributed by atoms with Gasteiger partial charge >= 0.3 is 12.1 Å². The van der Waals surface area contributed by atoms with E-state index in [-0.39, 0.29) is 29.5 Å². The van der Waals surface area contributed by atoms with Crippen LogP contribution in [-0.2, 0) is 9.47 Å². The lowest BCUT2D eigenvalue weighted by atomic mass is 9.99. The first-order valence-corrected chi connectivity index (χ1v) is 8.17. The minimum absolute atomic E-state index is 0.147. The van der Waals surface area contributed by atoms with E-state index in [1.54, 1.807) is 26.8 Å². The van der Waals surface area contributed by atoms with Crippen LogP contribution in [0.3, 0.4) is 0 Å². The molecular weight excluding hydrogens is 354 g/mol.